The topological polar surface area (TPSA) is 17.1 Å². The maximum atomic E-state index is 11.3. The Hall–Kier alpha value is 0.430. The smallest absolute Gasteiger partial charge is 0.178 e. The van der Waals surface area contributed by atoms with E-state index in [1.54, 1.807) is 12.1 Å². The van der Waals surface area contributed by atoms with Crippen LogP contribution in [0.4, 0.5) is 0 Å². The fourth-order valence-corrected chi connectivity index (χ4v) is 2.14. The summed E-state index contributed by atoms with van der Waals surface area (Å²) in [6.45, 7) is 0. The zero-order chi connectivity index (χ0) is 10.0. The molecule has 0 saturated heterocycles. The minimum atomic E-state index is -0.133. The molecule has 0 saturated carbocycles. The Kier molecular flexibility index (Phi) is 4.23. The zero-order valence-corrected chi connectivity index (χ0v) is 11.0. The normalized spacial score (nSPS) is 10.2. The van der Waals surface area contributed by atoms with Gasteiger partial charge < -0.3 is 0 Å². The SMILES string of the molecule is O=C(CCl)c1ccc(Cl)c(Br)c1Br. The van der Waals surface area contributed by atoms with Crippen LogP contribution in [0.1, 0.15) is 10.4 Å². The third kappa shape index (κ3) is 2.46. The number of halogens is 4. The average Bonchev–Trinajstić information content (AvgIpc) is 2.13. The fourth-order valence-electron chi connectivity index (χ4n) is 0.813. The summed E-state index contributed by atoms with van der Waals surface area (Å²) < 4.78 is 1.32. The lowest BCUT2D eigenvalue weighted by atomic mass is 10.1. The molecule has 70 valence electrons. The first-order valence-electron chi connectivity index (χ1n) is 3.30. The van der Waals surface area contributed by atoms with E-state index in [2.05, 4.69) is 31.9 Å². The first-order chi connectivity index (χ1) is 6.07. The van der Waals surface area contributed by atoms with Gasteiger partial charge in [-0.05, 0) is 44.0 Å². The van der Waals surface area contributed by atoms with Gasteiger partial charge in [-0.3, -0.25) is 4.79 Å². The number of rotatable bonds is 2. The van der Waals surface area contributed by atoms with E-state index in [-0.39, 0.29) is 11.7 Å². The van der Waals surface area contributed by atoms with Crippen molar-refractivity contribution in [2.24, 2.45) is 0 Å². The van der Waals surface area contributed by atoms with Crippen LogP contribution in [0.25, 0.3) is 0 Å². The van der Waals surface area contributed by atoms with Crippen molar-refractivity contribution in [1.82, 2.24) is 0 Å². The second-order valence-electron chi connectivity index (χ2n) is 2.28. The van der Waals surface area contributed by atoms with E-state index in [1.807, 2.05) is 0 Å². The molecule has 1 rings (SSSR count). The van der Waals surface area contributed by atoms with Crippen LogP contribution >= 0.6 is 55.1 Å². The van der Waals surface area contributed by atoms with Crippen molar-refractivity contribution in [1.29, 1.82) is 0 Å². The van der Waals surface area contributed by atoms with Crippen molar-refractivity contribution in [3.05, 3.63) is 31.7 Å². The molecule has 13 heavy (non-hydrogen) atoms. The van der Waals surface area contributed by atoms with E-state index >= 15 is 0 Å². The van der Waals surface area contributed by atoms with Gasteiger partial charge in [-0.25, -0.2) is 0 Å². The van der Waals surface area contributed by atoms with Gasteiger partial charge in [0.05, 0.1) is 15.4 Å². The lowest BCUT2D eigenvalue weighted by molar-refractivity contribution is 0.102. The van der Waals surface area contributed by atoms with Crippen LogP contribution in [0.3, 0.4) is 0 Å². The third-order valence-electron chi connectivity index (χ3n) is 1.46. The first-order valence-corrected chi connectivity index (χ1v) is 5.80. The summed E-state index contributed by atoms with van der Waals surface area (Å²) in [4.78, 5) is 11.3. The molecule has 0 aliphatic carbocycles. The highest BCUT2D eigenvalue weighted by atomic mass is 79.9. The molecule has 0 radical (unpaired) electrons. The maximum Gasteiger partial charge on any atom is 0.178 e. The minimum Gasteiger partial charge on any atom is -0.293 e. The fraction of sp³-hybridized carbons (Fsp3) is 0.125. The van der Waals surface area contributed by atoms with Gasteiger partial charge in [0.15, 0.2) is 5.78 Å². The van der Waals surface area contributed by atoms with Crippen LogP contribution in [0, 0.1) is 0 Å². The second kappa shape index (κ2) is 4.78. The molecular formula is C8H4Br2Cl2O. The average molecular weight is 347 g/mol. The molecule has 0 fully saturated rings. The molecule has 0 aliphatic heterocycles. The van der Waals surface area contributed by atoms with Gasteiger partial charge >= 0.3 is 0 Å². The van der Waals surface area contributed by atoms with Gasteiger partial charge in [0, 0.05) is 10.0 Å². The van der Waals surface area contributed by atoms with Crippen LogP contribution < -0.4 is 0 Å². The largest absolute Gasteiger partial charge is 0.293 e. The lowest BCUT2D eigenvalue weighted by Gasteiger charge is -2.04. The van der Waals surface area contributed by atoms with Crippen LogP contribution in [-0.4, -0.2) is 11.7 Å². The molecule has 0 heterocycles. The highest BCUT2D eigenvalue weighted by Crippen LogP contribution is 2.33. The summed E-state index contributed by atoms with van der Waals surface area (Å²) in [5.41, 5.74) is 0.534. The summed E-state index contributed by atoms with van der Waals surface area (Å²) in [7, 11) is 0. The molecule has 1 aromatic rings. The predicted molar refractivity (Wildman–Crippen MR) is 61.9 cm³/mol. The molecule has 0 bridgehead atoms. The van der Waals surface area contributed by atoms with Gasteiger partial charge in [0.25, 0.3) is 0 Å². The number of hydrogen-bond donors (Lipinski definition) is 0. The molecule has 1 aromatic carbocycles. The van der Waals surface area contributed by atoms with Gasteiger partial charge in [0.2, 0.25) is 0 Å². The number of carbonyl (C=O) groups is 1. The molecular weight excluding hydrogens is 343 g/mol. The molecule has 0 aromatic heterocycles. The molecule has 0 spiro atoms. The van der Waals surface area contributed by atoms with Crippen molar-refractivity contribution >= 4 is 60.8 Å². The van der Waals surface area contributed by atoms with E-state index in [4.69, 9.17) is 23.2 Å². The highest BCUT2D eigenvalue weighted by molar-refractivity contribution is 9.13. The minimum absolute atomic E-state index is 0.0350. The Morgan fingerprint density at radius 2 is 1.92 bits per heavy atom. The van der Waals surface area contributed by atoms with Crippen molar-refractivity contribution in [2.45, 2.75) is 0 Å². The molecule has 1 nitrogen and oxygen atoms in total. The first kappa shape index (κ1) is 11.5. The molecule has 0 atom stereocenters. The van der Waals surface area contributed by atoms with Crippen LogP contribution in [0.15, 0.2) is 21.1 Å². The number of benzene rings is 1. The summed E-state index contributed by atoms with van der Waals surface area (Å²) in [6, 6.07) is 3.29. The third-order valence-corrected chi connectivity index (χ3v) is 4.42. The van der Waals surface area contributed by atoms with Crippen molar-refractivity contribution in [2.75, 3.05) is 5.88 Å². The van der Waals surface area contributed by atoms with Crippen LogP contribution in [0.2, 0.25) is 5.02 Å². The lowest BCUT2D eigenvalue weighted by Crippen LogP contribution is -2.01. The summed E-state index contributed by atoms with van der Waals surface area (Å²) in [5.74, 6) is -0.168. The van der Waals surface area contributed by atoms with Crippen LogP contribution in [-0.2, 0) is 0 Å². The number of hydrogen-bond acceptors (Lipinski definition) is 1. The van der Waals surface area contributed by atoms with E-state index in [9.17, 15) is 4.79 Å². The Bertz CT molecular complexity index is 352. The number of Topliss-reactive ketones (excluding diaryl/α,β-unsaturated/α-hetero) is 1. The standard InChI is InChI=1S/C8H4Br2Cl2O/c9-7-4(6(13)3-11)1-2-5(12)8(7)10/h1-2H,3H2. The quantitative estimate of drug-likeness (QED) is 0.443. The Morgan fingerprint density at radius 3 is 2.46 bits per heavy atom. The molecule has 0 amide bonds. The van der Waals surface area contributed by atoms with Crippen LogP contribution in [0.5, 0.6) is 0 Å². The van der Waals surface area contributed by atoms with E-state index in [1.165, 1.54) is 0 Å². The molecule has 0 aliphatic rings. The Morgan fingerprint density at radius 1 is 1.31 bits per heavy atom. The maximum absolute atomic E-state index is 11.3. The van der Waals surface area contributed by atoms with Crippen molar-refractivity contribution in [3.8, 4) is 0 Å². The van der Waals surface area contributed by atoms with E-state index in [0.717, 1.165) is 0 Å². The monoisotopic (exact) mass is 344 g/mol. The van der Waals surface area contributed by atoms with Gasteiger partial charge in [0.1, 0.15) is 0 Å². The molecule has 0 unspecified atom stereocenters. The van der Waals surface area contributed by atoms with E-state index in [0.29, 0.717) is 19.5 Å². The molecule has 5 heteroatoms. The second-order valence-corrected chi connectivity index (χ2v) is 4.54. The Balaban J connectivity index is 3.26. The summed E-state index contributed by atoms with van der Waals surface area (Å²) >= 11 is 17.8. The number of alkyl halides is 1. The van der Waals surface area contributed by atoms with Crippen molar-refractivity contribution < 1.29 is 4.79 Å². The predicted octanol–water partition coefficient (Wildman–Crippen LogP) is 4.29. The molecule has 0 N–H and O–H groups in total. The van der Waals surface area contributed by atoms with Gasteiger partial charge in [-0.1, -0.05) is 11.6 Å². The zero-order valence-electron chi connectivity index (χ0n) is 6.28. The highest BCUT2D eigenvalue weighted by Gasteiger charge is 2.12. The van der Waals surface area contributed by atoms with Gasteiger partial charge in [-0.15, -0.1) is 11.6 Å². The number of carbonyl (C=O) groups excluding carboxylic acids is 1. The summed E-state index contributed by atoms with van der Waals surface area (Å²) in [5, 5.41) is 0.554. The number of ketones is 1. The van der Waals surface area contributed by atoms with Crippen molar-refractivity contribution in [3.63, 3.8) is 0 Å². The Labute approximate surface area is 103 Å². The van der Waals surface area contributed by atoms with E-state index < -0.39 is 0 Å². The summed E-state index contributed by atoms with van der Waals surface area (Å²) in [6.07, 6.45) is 0. The van der Waals surface area contributed by atoms with Gasteiger partial charge in [-0.2, -0.15) is 0 Å².